The Balaban J connectivity index is 0.000000321. The van der Waals surface area contributed by atoms with E-state index in [1.807, 2.05) is 6.92 Å². The predicted molar refractivity (Wildman–Crippen MR) is 112 cm³/mol. The van der Waals surface area contributed by atoms with Gasteiger partial charge in [0.1, 0.15) is 0 Å². The molecule has 7 heteroatoms. The summed E-state index contributed by atoms with van der Waals surface area (Å²) in [4.78, 5) is 24.0. The van der Waals surface area contributed by atoms with Crippen LogP contribution in [0.25, 0.3) is 0 Å². The van der Waals surface area contributed by atoms with Crippen LogP contribution in [0.3, 0.4) is 0 Å². The highest BCUT2D eigenvalue weighted by molar-refractivity contribution is 5.89. The smallest absolute Gasteiger partial charge is 0.328 e. The van der Waals surface area contributed by atoms with E-state index in [1.165, 1.54) is 37.8 Å². The zero-order valence-corrected chi connectivity index (χ0v) is 17.1. The van der Waals surface area contributed by atoms with Gasteiger partial charge in [0.15, 0.2) is 0 Å². The Morgan fingerprint density at radius 2 is 1.55 bits per heavy atom. The van der Waals surface area contributed by atoms with Gasteiger partial charge in [0.05, 0.1) is 6.10 Å². The minimum absolute atomic E-state index is 0.218. The number of β-amino-alcohol motifs (C(OH)–C–C–N with tert-alkyl or cyclic N) is 1. The lowest BCUT2D eigenvalue weighted by molar-refractivity contribution is -0.134. The lowest BCUT2D eigenvalue weighted by Crippen LogP contribution is -2.48. The number of hydrogen-bond acceptors (Lipinski definition) is 5. The summed E-state index contributed by atoms with van der Waals surface area (Å²) in [6.07, 6.45) is 7.49. The second-order valence-corrected chi connectivity index (χ2v) is 7.66. The summed E-state index contributed by atoms with van der Waals surface area (Å²) in [6.45, 7) is 6.94. The SMILES string of the molecule is CC(O)CN1CCN(c2ccc3c(c2)CCCCC3)CC1.O=C(O)/C=C\C(=O)O. The highest BCUT2D eigenvalue weighted by Crippen LogP contribution is 2.26. The molecule has 0 spiro atoms. The molecule has 2 aliphatic rings. The Bertz CT molecular complexity index is 693. The van der Waals surface area contributed by atoms with Gasteiger partial charge < -0.3 is 20.2 Å². The lowest BCUT2D eigenvalue weighted by atomic mass is 10.0. The molecule has 1 saturated heterocycles. The summed E-state index contributed by atoms with van der Waals surface area (Å²) in [5.74, 6) is -2.51. The largest absolute Gasteiger partial charge is 0.478 e. The molecule has 0 radical (unpaired) electrons. The molecule has 1 aromatic carbocycles. The number of aliphatic hydroxyl groups is 1. The minimum Gasteiger partial charge on any atom is -0.478 e. The number of carbonyl (C=O) groups is 2. The normalized spacial score (nSPS) is 18.3. The van der Waals surface area contributed by atoms with Crippen LogP contribution in [-0.2, 0) is 22.4 Å². The molecule has 3 N–H and O–H groups in total. The number of aliphatic carboxylic acids is 2. The van der Waals surface area contributed by atoms with Crippen LogP contribution in [0.2, 0.25) is 0 Å². The summed E-state index contributed by atoms with van der Waals surface area (Å²) in [5.41, 5.74) is 4.55. The fraction of sp³-hybridized carbons (Fsp3) is 0.545. The van der Waals surface area contributed by atoms with Crippen molar-refractivity contribution in [1.82, 2.24) is 4.90 Å². The summed E-state index contributed by atoms with van der Waals surface area (Å²) in [6, 6.07) is 7.11. The number of carboxylic acid groups (broad SMARTS) is 2. The molecule has 0 amide bonds. The number of aliphatic hydroxyl groups excluding tert-OH is 1. The average molecular weight is 405 g/mol. The van der Waals surface area contributed by atoms with E-state index >= 15 is 0 Å². The summed E-state index contributed by atoms with van der Waals surface area (Å²) in [5, 5.41) is 25.1. The number of rotatable bonds is 5. The molecule has 3 rings (SSSR count). The van der Waals surface area contributed by atoms with Crippen LogP contribution < -0.4 is 4.90 Å². The number of nitrogens with zero attached hydrogens (tertiary/aromatic N) is 2. The number of fused-ring (bicyclic) bond motifs is 1. The number of benzene rings is 1. The lowest BCUT2D eigenvalue weighted by Gasteiger charge is -2.36. The molecule has 0 bridgehead atoms. The molecule has 0 aromatic heterocycles. The molecule has 7 nitrogen and oxygen atoms in total. The quantitative estimate of drug-likeness (QED) is 0.511. The maximum Gasteiger partial charge on any atom is 0.328 e. The summed E-state index contributed by atoms with van der Waals surface area (Å²) < 4.78 is 0. The van der Waals surface area contributed by atoms with Crippen LogP contribution in [-0.4, -0.2) is 71.0 Å². The first kappa shape index (κ1) is 22.9. The van der Waals surface area contributed by atoms with Crippen LogP contribution in [0.1, 0.15) is 37.3 Å². The zero-order valence-electron chi connectivity index (χ0n) is 17.1. The Hall–Kier alpha value is -2.38. The Morgan fingerprint density at radius 1 is 0.966 bits per heavy atom. The third-order valence-corrected chi connectivity index (χ3v) is 5.21. The van der Waals surface area contributed by atoms with E-state index in [-0.39, 0.29) is 6.10 Å². The van der Waals surface area contributed by atoms with Crippen LogP contribution in [0, 0.1) is 0 Å². The second-order valence-electron chi connectivity index (χ2n) is 7.66. The molecule has 1 aliphatic heterocycles. The molecule has 160 valence electrons. The van der Waals surface area contributed by atoms with Gasteiger partial charge in [-0.05, 0) is 55.9 Å². The highest BCUT2D eigenvalue weighted by Gasteiger charge is 2.19. The maximum atomic E-state index is 9.55. The molecule has 1 atom stereocenters. The van der Waals surface area contributed by atoms with E-state index in [0.717, 1.165) is 32.7 Å². The molecule has 1 aliphatic carbocycles. The number of aryl methyl sites for hydroxylation is 2. The number of carboxylic acids is 2. The van der Waals surface area contributed by atoms with E-state index < -0.39 is 11.9 Å². The van der Waals surface area contributed by atoms with Gasteiger partial charge >= 0.3 is 11.9 Å². The average Bonchev–Trinajstić information content (AvgIpc) is 2.92. The van der Waals surface area contributed by atoms with Crippen LogP contribution >= 0.6 is 0 Å². The highest BCUT2D eigenvalue weighted by atomic mass is 16.4. The van der Waals surface area contributed by atoms with E-state index in [9.17, 15) is 14.7 Å². The monoisotopic (exact) mass is 404 g/mol. The van der Waals surface area contributed by atoms with Crippen LogP contribution in [0.4, 0.5) is 5.69 Å². The Morgan fingerprint density at radius 3 is 2.10 bits per heavy atom. The van der Waals surface area contributed by atoms with E-state index in [2.05, 4.69) is 28.0 Å². The number of hydrogen-bond donors (Lipinski definition) is 3. The van der Waals surface area contributed by atoms with Crippen molar-refractivity contribution in [2.24, 2.45) is 0 Å². The molecular weight excluding hydrogens is 372 g/mol. The molecular formula is C22H32N2O5. The molecule has 0 saturated carbocycles. The third kappa shape index (κ3) is 8.25. The van der Waals surface area contributed by atoms with Crippen molar-refractivity contribution in [1.29, 1.82) is 0 Å². The van der Waals surface area contributed by atoms with Gasteiger partial charge in [-0.3, -0.25) is 4.90 Å². The molecule has 1 unspecified atom stereocenters. The molecule has 1 heterocycles. The molecule has 1 fully saturated rings. The number of anilines is 1. The van der Waals surface area contributed by atoms with E-state index in [4.69, 9.17) is 10.2 Å². The van der Waals surface area contributed by atoms with Crippen LogP contribution in [0.5, 0.6) is 0 Å². The maximum absolute atomic E-state index is 9.55. The van der Waals surface area contributed by atoms with Crippen LogP contribution in [0.15, 0.2) is 30.4 Å². The van der Waals surface area contributed by atoms with E-state index in [0.29, 0.717) is 12.2 Å². The first-order chi connectivity index (χ1) is 13.8. The number of piperazine rings is 1. The van der Waals surface area contributed by atoms with Crippen molar-refractivity contribution >= 4 is 17.6 Å². The minimum atomic E-state index is -1.26. The summed E-state index contributed by atoms with van der Waals surface area (Å²) >= 11 is 0. The topological polar surface area (TPSA) is 101 Å². The fourth-order valence-corrected chi connectivity index (χ4v) is 3.80. The molecule has 29 heavy (non-hydrogen) atoms. The first-order valence-corrected chi connectivity index (χ1v) is 10.3. The standard InChI is InChI=1S/C18H28N2O.C4H4O4/c1-15(21)14-19-9-11-20(12-10-19)18-8-7-16-5-3-2-4-6-17(16)13-18;5-3(6)1-2-4(7)8/h7-8,13,15,21H,2-6,9-12,14H2,1H3;1-2H,(H,5,6)(H,7,8)/b;2-1-. The van der Waals surface area contributed by atoms with Gasteiger partial charge in [0.25, 0.3) is 0 Å². The van der Waals surface area contributed by atoms with Crippen molar-refractivity contribution in [3.05, 3.63) is 41.5 Å². The van der Waals surface area contributed by atoms with Gasteiger partial charge in [0.2, 0.25) is 0 Å². The van der Waals surface area contributed by atoms with Gasteiger partial charge in [0, 0.05) is 50.6 Å². The van der Waals surface area contributed by atoms with Gasteiger partial charge in [-0.25, -0.2) is 9.59 Å². The van der Waals surface area contributed by atoms with Crippen molar-refractivity contribution < 1.29 is 24.9 Å². The third-order valence-electron chi connectivity index (χ3n) is 5.21. The van der Waals surface area contributed by atoms with E-state index in [1.54, 1.807) is 11.1 Å². The van der Waals surface area contributed by atoms with Gasteiger partial charge in [-0.1, -0.05) is 12.5 Å². The Labute approximate surface area is 172 Å². The van der Waals surface area contributed by atoms with Crippen molar-refractivity contribution in [3.63, 3.8) is 0 Å². The van der Waals surface area contributed by atoms with Crippen molar-refractivity contribution in [3.8, 4) is 0 Å². The molecule has 1 aromatic rings. The van der Waals surface area contributed by atoms with Crippen molar-refractivity contribution in [2.75, 3.05) is 37.6 Å². The van der Waals surface area contributed by atoms with Gasteiger partial charge in [-0.2, -0.15) is 0 Å². The second kappa shape index (κ2) is 11.6. The predicted octanol–water partition coefficient (Wildman–Crippen LogP) is 2.17. The first-order valence-electron chi connectivity index (χ1n) is 10.3. The fourth-order valence-electron chi connectivity index (χ4n) is 3.80. The Kier molecular flexibility index (Phi) is 9.15. The zero-order chi connectivity index (χ0) is 21.2. The summed E-state index contributed by atoms with van der Waals surface area (Å²) in [7, 11) is 0. The van der Waals surface area contributed by atoms with Crippen molar-refractivity contribution in [2.45, 2.75) is 45.1 Å². The van der Waals surface area contributed by atoms with Gasteiger partial charge in [-0.15, -0.1) is 0 Å².